The molecule has 0 bridgehead atoms. The normalized spacial score (nSPS) is 10.6. The van der Waals surface area contributed by atoms with Crippen LogP contribution in [0.5, 0.6) is 5.75 Å². The van der Waals surface area contributed by atoms with Gasteiger partial charge in [0.2, 0.25) is 0 Å². The van der Waals surface area contributed by atoms with Crippen molar-refractivity contribution in [3.05, 3.63) is 94.0 Å². The Morgan fingerprint density at radius 1 is 0.846 bits per heavy atom. The molecule has 0 radical (unpaired) electrons. The fraction of sp³-hybridized carbons (Fsp3) is 0.217. The average molecular weight is 366 g/mol. The van der Waals surface area contributed by atoms with Gasteiger partial charge in [-0.3, -0.25) is 0 Å². The third-order valence-electron chi connectivity index (χ3n) is 4.37. The van der Waals surface area contributed by atoms with Gasteiger partial charge in [-0.15, -0.1) is 0 Å². The highest BCUT2D eigenvalue weighted by Crippen LogP contribution is 2.27. The first kappa shape index (κ1) is 18.3. The summed E-state index contributed by atoms with van der Waals surface area (Å²) in [4.78, 5) is 0. The Morgan fingerprint density at radius 2 is 1.50 bits per heavy atom. The molecule has 0 aliphatic rings. The molecule has 0 aliphatic carbocycles. The van der Waals surface area contributed by atoms with Crippen LogP contribution in [0.2, 0.25) is 5.02 Å². The van der Waals surface area contributed by atoms with Crippen LogP contribution in [-0.2, 0) is 19.6 Å². The summed E-state index contributed by atoms with van der Waals surface area (Å²) in [6, 6.07) is 22.8. The molecule has 0 spiro atoms. The van der Waals surface area contributed by atoms with Crippen LogP contribution in [0.3, 0.4) is 0 Å². The number of anilines is 1. The van der Waals surface area contributed by atoms with E-state index in [1.165, 1.54) is 11.1 Å². The standard InChI is InChI=1S/C23H24ClNO/c1-3-18-8-11-21(12-9-18)25-15-20-10-13-23(22(24)14-20)26-16-19-6-4-17(2)5-7-19/h4-14,25H,3,15-16H2,1-2H3. The summed E-state index contributed by atoms with van der Waals surface area (Å²) in [5.74, 6) is 0.711. The highest BCUT2D eigenvalue weighted by Gasteiger charge is 2.04. The molecule has 3 heteroatoms. The van der Waals surface area contributed by atoms with Gasteiger partial charge in [-0.05, 0) is 54.3 Å². The Kier molecular flexibility index (Phi) is 6.19. The first-order chi connectivity index (χ1) is 12.6. The van der Waals surface area contributed by atoms with Gasteiger partial charge < -0.3 is 10.1 Å². The third kappa shape index (κ3) is 5.03. The second-order valence-corrected chi connectivity index (χ2v) is 6.85. The number of aryl methyl sites for hydroxylation is 2. The molecule has 0 amide bonds. The lowest BCUT2D eigenvalue weighted by atomic mass is 10.1. The molecule has 0 heterocycles. The van der Waals surface area contributed by atoms with Crippen molar-refractivity contribution < 1.29 is 4.74 Å². The number of nitrogens with one attached hydrogen (secondary N) is 1. The summed E-state index contributed by atoms with van der Waals surface area (Å²) in [7, 11) is 0. The number of halogens is 1. The van der Waals surface area contributed by atoms with Crippen molar-refractivity contribution in [2.24, 2.45) is 0 Å². The van der Waals surface area contributed by atoms with Crippen molar-refractivity contribution in [1.29, 1.82) is 0 Å². The van der Waals surface area contributed by atoms with Crippen molar-refractivity contribution in [3.63, 3.8) is 0 Å². The van der Waals surface area contributed by atoms with Crippen molar-refractivity contribution in [1.82, 2.24) is 0 Å². The van der Waals surface area contributed by atoms with Gasteiger partial charge in [-0.1, -0.05) is 66.6 Å². The molecule has 0 saturated heterocycles. The van der Waals surface area contributed by atoms with Crippen molar-refractivity contribution >= 4 is 17.3 Å². The number of ether oxygens (including phenoxy) is 1. The molecule has 1 N–H and O–H groups in total. The van der Waals surface area contributed by atoms with Crippen LogP contribution >= 0.6 is 11.6 Å². The predicted molar refractivity (Wildman–Crippen MR) is 110 cm³/mol. The number of rotatable bonds is 7. The SMILES string of the molecule is CCc1ccc(NCc2ccc(OCc3ccc(C)cc3)c(Cl)c2)cc1. The third-order valence-corrected chi connectivity index (χ3v) is 4.67. The van der Waals surface area contributed by atoms with E-state index in [0.717, 1.165) is 29.8 Å². The summed E-state index contributed by atoms with van der Waals surface area (Å²) >= 11 is 6.39. The Hall–Kier alpha value is -2.45. The minimum Gasteiger partial charge on any atom is -0.487 e. The molecule has 0 unspecified atom stereocenters. The molecular weight excluding hydrogens is 342 g/mol. The molecule has 0 atom stereocenters. The number of hydrogen-bond acceptors (Lipinski definition) is 2. The van der Waals surface area contributed by atoms with Gasteiger partial charge in [0.25, 0.3) is 0 Å². The van der Waals surface area contributed by atoms with Crippen molar-refractivity contribution in [2.75, 3.05) is 5.32 Å². The van der Waals surface area contributed by atoms with Crippen LogP contribution in [0.1, 0.15) is 29.2 Å². The fourth-order valence-electron chi connectivity index (χ4n) is 2.68. The van der Waals surface area contributed by atoms with Crippen LogP contribution in [0, 0.1) is 6.92 Å². The minimum atomic E-state index is 0.515. The maximum absolute atomic E-state index is 6.39. The smallest absolute Gasteiger partial charge is 0.138 e. The average Bonchev–Trinajstić information content (AvgIpc) is 2.67. The van der Waals surface area contributed by atoms with Crippen LogP contribution in [0.4, 0.5) is 5.69 Å². The molecule has 3 rings (SSSR count). The Balaban J connectivity index is 1.57. The van der Waals surface area contributed by atoms with Crippen molar-refractivity contribution in [3.8, 4) is 5.75 Å². The van der Waals surface area contributed by atoms with E-state index in [0.29, 0.717) is 17.4 Å². The van der Waals surface area contributed by atoms with E-state index in [4.69, 9.17) is 16.3 Å². The number of benzene rings is 3. The van der Waals surface area contributed by atoms with Gasteiger partial charge in [0.15, 0.2) is 0 Å². The van der Waals surface area contributed by atoms with Crippen LogP contribution < -0.4 is 10.1 Å². The molecule has 134 valence electrons. The van der Waals surface area contributed by atoms with Crippen LogP contribution in [-0.4, -0.2) is 0 Å². The zero-order chi connectivity index (χ0) is 18.4. The monoisotopic (exact) mass is 365 g/mol. The quantitative estimate of drug-likeness (QED) is 0.522. The first-order valence-electron chi connectivity index (χ1n) is 8.93. The molecule has 0 aromatic heterocycles. The summed E-state index contributed by atoms with van der Waals surface area (Å²) in [5.41, 5.74) is 5.95. The molecule has 0 saturated carbocycles. The van der Waals surface area contributed by atoms with Gasteiger partial charge in [-0.25, -0.2) is 0 Å². The van der Waals surface area contributed by atoms with Gasteiger partial charge in [0.1, 0.15) is 12.4 Å². The minimum absolute atomic E-state index is 0.515. The second-order valence-electron chi connectivity index (χ2n) is 6.44. The molecule has 0 fully saturated rings. The van der Waals surface area contributed by atoms with E-state index in [1.807, 2.05) is 18.2 Å². The largest absolute Gasteiger partial charge is 0.487 e. The molecular formula is C23H24ClNO. The Morgan fingerprint density at radius 3 is 2.15 bits per heavy atom. The van der Waals surface area contributed by atoms with E-state index < -0.39 is 0 Å². The van der Waals surface area contributed by atoms with Gasteiger partial charge in [-0.2, -0.15) is 0 Å². The van der Waals surface area contributed by atoms with Crippen LogP contribution in [0.15, 0.2) is 66.7 Å². The maximum Gasteiger partial charge on any atom is 0.138 e. The van der Waals surface area contributed by atoms with Gasteiger partial charge in [0, 0.05) is 12.2 Å². The van der Waals surface area contributed by atoms with Gasteiger partial charge >= 0.3 is 0 Å². The molecule has 3 aromatic carbocycles. The zero-order valence-corrected chi connectivity index (χ0v) is 16.0. The van der Waals surface area contributed by atoms with Crippen LogP contribution in [0.25, 0.3) is 0 Å². The van der Waals surface area contributed by atoms with E-state index in [9.17, 15) is 0 Å². The lowest BCUT2D eigenvalue weighted by Gasteiger charge is -2.11. The summed E-state index contributed by atoms with van der Waals surface area (Å²) < 4.78 is 5.85. The highest BCUT2D eigenvalue weighted by molar-refractivity contribution is 6.32. The Labute approximate surface area is 160 Å². The summed E-state index contributed by atoms with van der Waals surface area (Å²) in [6.07, 6.45) is 1.06. The van der Waals surface area contributed by atoms with Gasteiger partial charge in [0.05, 0.1) is 5.02 Å². The predicted octanol–water partition coefficient (Wildman–Crippen LogP) is 6.40. The highest BCUT2D eigenvalue weighted by atomic mass is 35.5. The zero-order valence-electron chi connectivity index (χ0n) is 15.3. The molecule has 0 aliphatic heterocycles. The molecule has 2 nitrogen and oxygen atoms in total. The maximum atomic E-state index is 6.39. The first-order valence-corrected chi connectivity index (χ1v) is 9.31. The molecule has 3 aromatic rings. The lowest BCUT2D eigenvalue weighted by Crippen LogP contribution is -2.00. The lowest BCUT2D eigenvalue weighted by molar-refractivity contribution is 0.306. The molecule has 26 heavy (non-hydrogen) atoms. The Bertz CT molecular complexity index is 841. The fourth-order valence-corrected chi connectivity index (χ4v) is 2.94. The summed E-state index contributed by atoms with van der Waals surface area (Å²) in [5, 5.41) is 4.06. The van der Waals surface area contributed by atoms with E-state index in [2.05, 4.69) is 67.7 Å². The van der Waals surface area contributed by atoms with E-state index in [-0.39, 0.29) is 0 Å². The topological polar surface area (TPSA) is 21.3 Å². The second kappa shape index (κ2) is 8.77. The van der Waals surface area contributed by atoms with E-state index >= 15 is 0 Å². The van der Waals surface area contributed by atoms with E-state index in [1.54, 1.807) is 0 Å². The summed E-state index contributed by atoms with van der Waals surface area (Å²) in [6.45, 7) is 5.48. The number of hydrogen-bond donors (Lipinski definition) is 1. The van der Waals surface area contributed by atoms with Crippen molar-refractivity contribution in [2.45, 2.75) is 33.4 Å².